The molecule has 0 spiro atoms. The van der Waals surface area contributed by atoms with Crippen LogP contribution >= 0.6 is 69.6 Å². The normalized spacial score (nSPS) is 9.92. The van der Waals surface area contributed by atoms with Crippen LogP contribution in [0.4, 0.5) is 35.1 Å². The van der Waals surface area contributed by atoms with E-state index in [4.69, 9.17) is 69.6 Å². The predicted octanol–water partition coefficient (Wildman–Crippen LogP) is 23.5. The Bertz CT molecular complexity index is 2850. The van der Waals surface area contributed by atoms with Crippen molar-refractivity contribution in [3.8, 4) is 0 Å². The van der Waals surface area contributed by atoms with Crippen molar-refractivity contribution in [1.82, 2.24) is 0 Å². The van der Waals surface area contributed by atoms with Crippen LogP contribution in [0.3, 0.4) is 0 Å². The number of benzene rings is 8. The Morgan fingerprint density at radius 2 is 0.487 bits per heavy atom. The van der Waals surface area contributed by atoms with E-state index in [1.165, 1.54) is 68.3 Å². The smallest absolute Gasteiger partial charge is 0.144 e. The first-order valence-corrected chi connectivity index (χ1v) is 26.3. The summed E-state index contributed by atoms with van der Waals surface area (Å²) < 4.78 is 102. The topological polar surface area (TPSA) is 0 Å². The Morgan fingerprint density at radius 1 is 0.218 bits per heavy atom. The molecule has 0 saturated carbocycles. The molecule has 8 aromatic carbocycles. The molecule has 78 heavy (non-hydrogen) atoms. The van der Waals surface area contributed by atoms with Gasteiger partial charge in [-0.2, -0.15) is 0 Å². The SMILES string of the molecule is Cc1cc(Cl)c(C)cc1F.Cc1cc(F)c(C)c(Cl)c1.Cc1cc(F)c(C)c(F)c1.Cc1cc(F)c(C)cc1F.Cc1ccc(C)c(Cl)c1.Cc1ccc(C)c(Cl)c1.Cc1ccc(C)c(Cl)c1F.Cc1ccc(C)c(Cl)c1F. The summed E-state index contributed by atoms with van der Waals surface area (Å²) in [6.45, 7) is 28.1. The van der Waals surface area contributed by atoms with E-state index in [1.54, 1.807) is 91.8 Å². The monoisotopic (exact) mass is 1200 g/mol. The lowest BCUT2D eigenvalue weighted by molar-refractivity contribution is 0.566. The molecule has 0 N–H and O–H groups in total. The van der Waals surface area contributed by atoms with Gasteiger partial charge in [0.2, 0.25) is 0 Å². The maximum absolute atomic E-state index is 12.9. The first kappa shape index (κ1) is 71.0. The minimum Gasteiger partial charge on any atom is -0.207 e. The van der Waals surface area contributed by atoms with Gasteiger partial charge in [-0.3, -0.25) is 0 Å². The van der Waals surface area contributed by atoms with Gasteiger partial charge < -0.3 is 0 Å². The third kappa shape index (κ3) is 24.5. The Hall–Kier alpha value is -5.06. The van der Waals surface area contributed by atoms with Gasteiger partial charge in [0, 0.05) is 31.2 Å². The fraction of sp³-hybridized carbons (Fsp3) is 0.250. The maximum Gasteiger partial charge on any atom is 0.144 e. The Balaban J connectivity index is 0.000000446. The Labute approximate surface area is 487 Å². The Kier molecular flexibility index (Phi) is 31.1. The van der Waals surface area contributed by atoms with Crippen molar-refractivity contribution in [1.29, 1.82) is 0 Å². The molecule has 0 unspecified atom stereocenters. The lowest BCUT2D eigenvalue weighted by Crippen LogP contribution is -1.88. The van der Waals surface area contributed by atoms with Crippen LogP contribution in [0.5, 0.6) is 0 Å². The van der Waals surface area contributed by atoms with Crippen LogP contribution in [-0.2, 0) is 0 Å². The van der Waals surface area contributed by atoms with Crippen molar-refractivity contribution < 1.29 is 35.1 Å². The highest BCUT2D eigenvalue weighted by atomic mass is 35.5. The molecule has 0 radical (unpaired) electrons. The van der Waals surface area contributed by atoms with Crippen molar-refractivity contribution >= 4 is 69.6 Å². The fourth-order valence-corrected chi connectivity index (χ4v) is 7.29. The third-order valence-electron chi connectivity index (χ3n) is 11.3. The molecule has 0 aliphatic rings. The van der Waals surface area contributed by atoms with E-state index in [2.05, 4.69) is 12.1 Å². The zero-order valence-electron chi connectivity index (χ0n) is 46.7. The van der Waals surface area contributed by atoms with Crippen LogP contribution in [-0.4, -0.2) is 0 Å². The van der Waals surface area contributed by atoms with Gasteiger partial charge >= 0.3 is 0 Å². The van der Waals surface area contributed by atoms with Crippen LogP contribution in [0.1, 0.15) is 89.0 Å². The van der Waals surface area contributed by atoms with Crippen molar-refractivity contribution in [2.75, 3.05) is 0 Å². The lowest BCUT2D eigenvalue weighted by atomic mass is 10.1. The van der Waals surface area contributed by atoms with Gasteiger partial charge in [-0.1, -0.05) is 118 Å². The number of rotatable bonds is 0. The summed E-state index contributed by atoms with van der Waals surface area (Å²) in [5, 5.41) is 3.31. The highest BCUT2D eigenvalue weighted by Gasteiger charge is 2.07. The lowest BCUT2D eigenvalue weighted by Gasteiger charge is -2.00. The van der Waals surface area contributed by atoms with Crippen LogP contribution < -0.4 is 0 Å². The van der Waals surface area contributed by atoms with Gasteiger partial charge in [0.05, 0.1) is 10.0 Å². The number of hydrogen-bond acceptors (Lipinski definition) is 0. The minimum atomic E-state index is -0.475. The van der Waals surface area contributed by atoms with E-state index in [0.29, 0.717) is 49.0 Å². The highest BCUT2D eigenvalue weighted by Crippen LogP contribution is 2.24. The molecule has 8 aromatic rings. The summed E-state index contributed by atoms with van der Waals surface area (Å²) in [4.78, 5) is 0. The van der Waals surface area contributed by atoms with Gasteiger partial charge in [0.1, 0.15) is 46.5 Å². The summed E-state index contributed by atoms with van der Waals surface area (Å²) in [6, 6.07) is 30.5. The summed E-state index contributed by atoms with van der Waals surface area (Å²) >= 11 is 34.2. The standard InChI is InChI=1S/4C8H8ClF.2C8H9Cl.2C8H8F2/c1-5-4-8(10)6(2)3-7(5)9;1-5-3-7(9)6(2)8(10)4-5;2*1-5-3-4-6(2)8(10)7(5)9;2*1-6-3-4-7(2)8(9)5-6;1-5-3-8(10)6(2)4-7(5)9;1-5-3-7(9)6(2)8(10)4-5/h4*3-4H,1-2H3;2*3-5H,1-2H3;2*3-4H,1-2H3. The summed E-state index contributed by atoms with van der Waals surface area (Å²) in [7, 11) is 0. The van der Waals surface area contributed by atoms with Crippen molar-refractivity contribution in [2.24, 2.45) is 0 Å². The second kappa shape index (κ2) is 34.2. The average molecular weight is 1200 g/mol. The van der Waals surface area contributed by atoms with Gasteiger partial charge in [-0.05, 0) is 249 Å². The molecule has 0 atom stereocenters. The molecule has 14 heteroatoms. The van der Waals surface area contributed by atoms with Crippen molar-refractivity contribution in [3.63, 3.8) is 0 Å². The van der Waals surface area contributed by atoms with Gasteiger partial charge in [-0.25, -0.2) is 35.1 Å². The van der Waals surface area contributed by atoms with E-state index < -0.39 is 11.6 Å². The van der Waals surface area contributed by atoms with Gasteiger partial charge in [0.25, 0.3) is 0 Å². The largest absolute Gasteiger partial charge is 0.207 e. The zero-order valence-corrected chi connectivity index (χ0v) is 51.2. The molecule has 0 aromatic heterocycles. The first-order valence-electron chi connectivity index (χ1n) is 24.1. The molecular weight excluding hydrogens is 1130 g/mol. The summed E-state index contributed by atoms with van der Waals surface area (Å²) in [5.41, 5.74) is 11.6. The third-order valence-corrected chi connectivity index (χ3v) is 13.9. The molecule has 420 valence electrons. The van der Waals surface area contributed by atoms with E-state index in [1.807, 2.05) is 58.9 Å². The Morgan fingerprint density at radius 3 is 0.795 bits per heavy atom. The van der Waals surface area contributed by atoms with Crippen LogP contribution in [0, 0.1) is 157 Å². The molecule has 0 amide bonds. The molecular formula is C64H66Cl6F8. The maximum atomic E-state index is 12.9. The fourth-order valence-electron chi connectivity index (χ4n) is 5.92. The van der Waals surface area contributed by atoms with Crippen LogP contribution in [0.2, 0.25) is 30.1 Å². The predicted molar refractivity (Wildman–Crippen MR) is 317 cm³/mol. The van der Waals surface area contributed by atoms with Gasteiger partial charge in [0.15, 0.2) is 0 Å². The second-order valence-corrected chi connectivity index (χ2v) is 21.0. The molecule has 0 aliphatic heterocycles. The van der Waals surface area contributed by atoms with E-state index in [-0.39, 0.29) is 50.5 Å². The molecule has 0 aliphatic carbocycles. The number of halogens is 14. The zero-order chi connectivity index (χ0) is 60.0. The van der Waals surface area contributed by atoms with Crippen molar-refractivity contribution in [2.45, 2.75) is 111 Å². The quantitative estimate of drug-likeness (QED) is 0.133. The van der Waals surface area contributed by atoms with E-state index in [9.17, 15) is 35.1 Å². The molecule has 0 fully saturated rings. The molecule has 0 nitrogen and oxygen atoms in total. The average Bonchev–Trinajstić information content (AvgIpc) is 3.36. The molecule has 8 rings (SSSR count). The highest BCUT2D eigenvalue weighted by molar-refractivity contribution is 6.33. The van der Waals surface area contributed by atoms with Crippen molar-refractivity contribution in [3.05, 3.63) is 275 Å². The number of hydrogen-bond donors (Lipinski definition) is 0. The van der Waals surface area contributed by atoms with Crippen LogP contribution in [0.25, 0.3) is 0 Å². The summed E-state index contributed by atoms with van der Waals surface area (Å²) in [5.74, 6) is -2.68. The second-order valence-electron chi connectivity index (χ2n) is 18.6. The number of aryl methyl sites for hydroxylation is 14. The summed E-state index contributed by atoms with van der Waals surface area (Å²) in [6.07, 6.45) is 0. The van der Waals surface area contributed by atoms with E-state index >= 15 is 0 Å². The van der Waals surface area contributed by atoms with Crippen LogP contribution in [0.15, 0.2) is 109 Å². The minimum absolute atomic E-state index is 0.0885. The molecule has 0 heterocycles. The first-order chi connectivity index (χ1) is 36.1. The van der Waals surface area contributed by atoms with Gasteiger partial charge in [-0.15, -0.1) is 0 Å². The molecule has 0 bridgehead atoms. The van der Waals surface area contributed by atoms with E-state index in [0.717, 1.165) is 43.4 Å². The molecule has 0 saturated heterocycles.